The maximum atomic E-state index is 14.2. The Bertz CT molecular complexity index is 935. The number of nitrogens with one attached hydrogen (secondary N) is 1. The lowest BCUT2D eigenvalue weighted by Gasteiger charge is -2.16. The number of fused-ring (bicyclic) bond motifs is 1. The minimum Gasteiger partial charge on any atom is -0.325 e. The largest absolute Gasteiger partial charge is 0.369 e. The quantitative estimate of drug-likeness (QED) is 0.836. The molecule has 2 aromatic rings. The molecule has 0 saturated heterocycles. The maximum Gasteiger partial charge on any atom is 0.369 e. The van der Waals surface area contributed by atoms with Crippen molar-refractivity contribution in [3.8, 4) is 0 Å². The highest BCUT2D eigenvalue weighted by Crippen LogP contribution is 2.26. The molecule has 0 aromatic heterocycles. The van der Waals surface area contributed by atoms with Crippen LogP contribution in [0.4, 0.5) is 10.1 Å². The fraction of sp³-hybridized carbons (Fsp3) is 0.158. The van der Waals surface area contributed by atoms with Crippen molar-refractivity contribution < 1.29 is 28.4 Å². The number of carbonyl (C=O) groups excluding carboxylic acids is 4. The molecule has 0 spiro atoms. The standard InChI is InChI=1S/C19H15FN2O5/c1-10(2)16(23)21-14-9-5-8-13(20)15(14)19(26)27-22-17(24)11-6-3-4-7-12(11)18(22)25/h3-10H,1-2H3,(H,21,23). The topological polar surface area (TPSA) is 92.8 Å². The number of carbonyl (C=O) groups is 4. The first-order chi connectivity index (χ1) is 12.8. The summed E-state index contributed by atoms with van der Waals surface area (Å²) in [6, 6.07) is 9.59. The minimum absolute atomic E-state index is 0.0807. The van der Waals surface area contributed by atoms with Gasteiger partial charge in [-0.15, -0.1) is 0 Å². The number of anilines is 1. The highest BCUT2D eigenvalue weighted by Gasteiger charge is 2.39. The van der Waals surface area contributed by atoms with Gasteiger partial charge < -0.3 is 10.2 Å². The van der Waals surface area contributed by atoms with Crippen LogP contribution in [0.25, 0.3) is 0 Å². The molecule has 3 amide bonds. The van der Waals surface area contributed by atoms with Crippen LogP contribution in [0.3, 0.4) is 0 Å². The van der Waals surface area contributed by atoms with E-state index in [4.69, 9.17) is 4.84 Å². The molecule has 8 heteroatoms. The van der Waals surface area contributed by atoms with E-state index in [1.807, 2.05) is 0 Å². The second-order valence-electron chi connectivity index (χ2n) is 6.14. The van der Waals surface area contributed by atoms with E-state index < -0.39 is 41.0 Å². The molecular weight excluding hydrogens is 355 g/mol. The summed E-state index contributed by atoms with van der Waals surface area (Å²) in [7, 11) is 0. The third kappa shape index (κ3) is 3.29. The van der Waals surface area contributed by atoms with Crippen molar-refractivity contribution in [2.45, 2.75) is 13.8 Å². The Morgan fingerprint density at radius 2 is 1.59 bits per heavy atom. The Morgan fingerprint density at radius 3 is 2.15 bits per heavy atom. The summed E-state index contributed by atoms with van der Waals surface area (Å²) >= 11 is 0. The third-order valence-corrected chi connectivity index (χ3v) is 3.93. The van der Waals surface area contributed by atoms with Crippen LogP contribution in [0.15, 0.2) is 42.5 Å². The molecule has 0 atom stereocenters. The van der Waals surface area contributed by atoms with Gasteiger partial charge in [0, 0.05) is 5.92 Å². The highest BCUT2D eigenvalue weighted by molar-refractivity contribution is 6.21. The van der Waals surface area contributed by atoms with Crippen molar-refractivity contribution in [2.75, 3.05) is 5.32 Å². The van der Waals surface area contributed by atoms with E-state index in [9.17, 15) is 23.6 Å². The first-order valence-corrected chi connectivity index (χ1v) is 8.10. The van der Waals surface area contributed by atoms with Crippen molar-refractivity contribution >= 4 is 29.4 Å². The van der Waals surface area contributed by atoms with E-state index in [-0.39, 0.29) is 21.9 Å². The van der Waals surface area contributed by atoms with Gasteiger partial charge in [0.2, 0.25) is 5.91 Å². The smallest absolute Gasteiger partial charge is 0.325 e. The molecule has 27 heavy (non-hydrogen) atoms. The molecule has 1 heterocycles. The van der Waals surface area contributed by atoms with Crippen LogP contribution in [-0.2, 0) is 9.63 Å². The molecule has 1 aliphatic rings. The molecular formula is C19H15FN2O5. The normalized spacial score (nSPS) is 13.0. The average Bonchev–Trinajstić information content (AvgIpc) is 2.87. The summed E-state index contributed by atoms with van der Waals surface area (Å²) in [6.45, 7) is 3.26. The van der Waals surface area contributed by atoms with Crippen LogP contribution in [0.2, 0.25) is 0 Å². The molecule has 1 aliphatic heterocycles. The van der Waals surface area contributed by atoms with Gasteiger partial charge in [0.15, 0.2) is 0 Å². The summed E-state index contributed by atoms with van der Waals surface area (Å²) in [6.07, 6.45) is 0. The zero-order valence-electron chi connectivity index (χ0n) is 14.5. The number of rotatable bonds is 4. The predicted octanol–water partition coefficient (Wildman–Crippen LogP) is 2.79. The summed E-state index contributed by atoms with van der Waals surface area (Å²) in [5.41, 5.74) is -0.535. The Labute approximate surface area is 153 Å². The van der Waals surface area contributed by atoms with Crippen molar-refractivity contribution in [3.05, 3.63) is 65.0 Å². The second kappa shape index (κ2) is 6.99. The van der Waals surface area contributed by atoms with Crippen molar-refractivity contribution in [1.82, 2.24) is 5.06 Å². The van der Waals surface area contributed by atoms with E-state index in [0.29, 0.717) is 0 Å². The van der Waals surface area contributed by atoms with Crippen LogP contribution in [0, 0.1) is 11.7 Å². The molecule has 2 aromatic carbocycles. The molecule has 0 saturated carbocycles. The van der Waals surface area contributed by atoms with Gasteiger partial charge in [-0.2, -0.15) is 0 Å². The molecule has 7 nitrogen and oxygen atoms in total. The van der Waals surface area contributed by atoms with E-state index >= 15 is 0 Å². The summed E-state index contributed by atoms with van der Waals surface area (Å²) in [5.74, 6) is -4.73. The van der Waals surface area contributed by atoms with Crippen LogP contribution in [0.5, 0.6) is 0 Å². The van der Waals surface area contributed by atoms with Gasteiger partial charge in [-0.1, -0.05) is 37.1 Å². The zero-order chi connectivity index (χ0) is 19.7. The monoisotopic (exact) mass is 370 g/mol. The van der Waals surface area contributed by atoms with Gasteiger partial charge in [-0.05, 0) is 24.3 Å². The van der Waals surface area contributed by atoms with Gasteiger partial charge in [0.05, 0.1) is 16.8 Å². The Kier molecular flexibility index (Phi) is 4.72. The number of hydrogen-bond donors (Lipinski definition) is 1. The van der Waals surface area contributed by atoms with E-state index in [1.165, 1.54) is 24.3 Å². The molecule has 0 aliphatic carbocycles. The van der Waals surface area contributed by atoms with Gasteiger partial charge in [-0.3, -0.25) is 14.4 Å². The number of nitrogens with zero attached hydrogens (tertiary/aromatic N) is 1. The molecule has 0 unspecified atom stereocenters. The molecule has 3 rings (SSSR count). The van der Waals surface area contributed by atoms with Crippen molar-refractivity contribution in [1.29, 1.82) is 0 Å². The van der Waals surface area contributed by atoms with Crippen LogP contribution >= 0.6 is 0 Å². The summed E-state index contributed by atoms with van der Waals surface area (Å²) < 4.78 is 14.2. The first kappa shape index (κ1) is 18.2. The van der Waals surface area contributed by atoms with Crippen LogP contribution in [-0.4, -0.2) is 28.8 Å². The van der Waals surface area contributed by atoms with Crippen molar-refractivity contribution in [2.24, 2.45) is 5.92 Å². The van der Waals surface area contributed by atoms with E-state index in [2.05, 4.69) is 5.32 Å². The summed E-state index contributed by atoms with van der Waals surface area (Å²) in [5, 5.41) is 2.71. The Balaban J connectivity index is 1.89. The average molecular weight is 370 g/mol. The fourth-order valence-corrected chi connectivity index (χ4v) is 2.49. The van der Waals surface area contributed by atoms with Crippen LogP contribution in [0.1, 0.15) is 44.9 Å². The van der Waals surface area contributed by atoms with E-state index in [1.54, 1.807) is 26.0 Å². The number of amides is 3. The number of hydroxylamine groups is 2. The lowest BCUT2D eigenvalue weighted by Crippen LogP contribution is -2.33. The van der Waals surface area contributed by atoms with Gasteiger partial charge >= 0.3 is 5.97 Å². The number of halogens is 1. The predicted molar refractivity (Wildman–Crippen MR) is 92.2 cm³/mol. The number of benzene rings is 2. The Morgan fingerprint density at radius 1 is 1.00 bits per heavy atom. The zero-order valence-corrected chi connectivity index (χ0v) is 14.5. The summed E-state index contributed by atoms with van der Waals surface area (Å²) in [4.78, 5) is 53.8. The third-order valence-electron chi connectivity index (χ3n) is 3.93. The van der Waals surface area contributed by atoms with Gasteiger partial charge in [0.25, 0.3) is 11.8 Å². The molecule has 1 N–H and O–H groups in total. The number of hydrogen-bond acceptors (Lipinski definition) is 5. The van der Waals surface area contributed by atoms with Crippen molar-refractivity contribution in [3.63, 3.8) is 0 Å². The van der Waals surface area contributed by atoms with Gasteiger partial charge in [0.1, 0.15) is 11.4 Å². The van der Waals surface area contributed by atoms with Crippen LogP contribution < -0.4 is 5.32 Å². The minimum atomic E-state index is -1.28. The number of imide groups is 1. The second-order valence-corrected chi connectivity index (χ2v) is 6.14. The fourth-order valence-electron chi connectivity index (χ4n) is 2.49. The lowest BCUT2D eigenvalue weighted by molar-refractivity contribution is -0.118. The highest BCUT2D eigenvalue weighted by atomic mass is 19.1. The maximum absolute atomic E-state index is 14.2. The Hall–Kier alpha value is -3.55. The molecule has 0 fully saturated rings. The first-order valence-electron chi connectivity index (χ1n) is 8.10. The van der Waals surface area contributed by atoms with E-state index in [0.717, 1.165) is 6.07 Å². The molecule has 138 valence electrons. The molecule has 0 bridgehead atoms. The molecule has 0 radical (unpaired) electrons. The lowest BCUT2D eigenvalue weighted by atomic mass is 10.1. The van der Waals surface area contributed by atoms with Gasteiger partial charge in [-0.25, -0.2) is 9.18 Å². The SMILES string of the molecule is CC(C)C(=O)Nc1cccc(F)c1C(=O)ON1C(=O)c2ccccc2C1=O.